The maximum atomic E-state index is 12.7. The van der Waals surface area contributed by atoms with E-state index in [2.05, 4.69) is 34.6 Å². The highest BCUT2D eigenvalue weighted by atomic mass is 32.2. The van der Waals surface area contributed by atoms with Crippen LogP contribution in [-0.4, -0.2) is 83.5 Å². The van der Waals surface area contributed by atoms with Gasteiger partial charge in [-0.3, -0.25) is 4.79 Å². The number of anilines is 1. The molecule has 11 nitrogen and oxygen atoms in total. The lowest BCUT2D eigenvalue weighted by Crippen LogP contribution is -2.29. The van der Waals surface area contributed by atoms with Gasteiger partial charge in [0, 0.05) is 44.1 Å². The monoisotopic (exact) mass is 547 g/mol. The number of methoxy groups -OCH3 is 1. The Morgan fingerprint density at radius 1 is 1.14 bits per heavy atom. The van der Waals surface area contributed by atoms with E-state index in [-0.39, 0.29) is 10.8 Å². The SMILES string of the molecule is COCCNc1nc(SC(C)C)nc2c1cnn2CCNC(=O)c1ccc(S(=O)(=O)N2CCCC2)cc1. The van der Waals surface area contributed by atoms with Crippen LogP contribution in [0.3, 0.4) is 0 Å². The molecule has 2 N–H and O–H groups in total. The zero-order valence-corrected chi connectivity index (χ0v) is 22.9. The molecular formula is C24H33N7O4S2. The zero-order valence-electron chi connectivity index (χ0n) is 21.3. The van der Waals surface area contributed by atoms with Gasteiger partial charge in [-0.15, -0.1) is 0 Å². The zero-order chi connectivity index (χ0) is 26.4. The number of rotatable bonds is 12. The minimum atomic E-state index is -3.51. The van der Waals surface area contributed by atoms with E-state index in [1.54, 1.807) is 41.9 Å². The van der Waals surface area contributed by atoms with Crippen molar-refractivity contribution in [3.63, 3.8) is 0 Å². The molecule has 0 atom stereocenters. The third kappa shape index (κ3) is 6.58. The van der Waals surface area contributed by atoms with E-state index in [1.807, 2.05) is 0 Å². The smallest absolute Gasteiger partial charge is 0.251 e. The largest absolute Gasteiger partial charge is 0.383 e. The molecule has 4 rings (SSSR count). The summed E-state index contributed by atoms with van der Waals surface area (Å²) in [6.07, 6.45) is 3.47. The summed E-state index contributed by atoms with van der Waals surface area (Å²) in [5.41, 5.74) is 1.08. The Kier molecular flexibility index (Phi) is 9.00. The molecule has 1 saturated heterocycles. The number of hydrogen-bond donors (Lipinski definition) is 2. The van der Waals surface area contributed by atoms with Gasteiger partial charge in [0.15, 0.2) is 10.8 Å². The fourth-order valence-electron chi connectivity index (χ4n) is 4.00. The number of fused-ring (bicyclic) bond motifs is 1. The molecule has 0 saturated carbocycles. The van der Waals surface area contributed by atoms with Crippen molar-refractivity contribution < 1.29 is 17.9 Å². The van der Waals surface area contributed by atoms with E-state index >= 15 is 0 Å². The fraction of sp³-hybridized carbons (Fsp3) is 0.500. The van der Waals surface area contributed by atoms with Gasteiger partial charge >= 0.3 is 0 Å². The molecule has 0 spiro atoms. The molecule has 0 aliphatic carbocycles. The molecule has 3 aromatic rings. The number of thioether (sulfide) groups is 1. The number of amides is 1. The number of carbonyl (C=O) groups is 1. The molecule has 1 aliphatic rings. The molecule has 200 valence electrons. The second kappa shape index (κ2) is 12.2. The first kappa shape index (κ1) is 27.3. The van der Waals surface area contributed by atoms with E-state index in [9.17, 15) is 13.2 Å². The lowest BCUT2D eigenvalue weighted by molar-refractivity contribution is 0.0952. The van der Waals surface area contributed by atoms with Crippen molar-refractivity contribution in [2.75, 3.05) is 45.2 Å². The van der Waals surface area contributed by atoms with Gasteiger partial charge < -0.3 is 15.4 Å². The summed E-state index contributed by atoms with van der Waals surface area (Å²) in [5, 5.41) is 12.4. The third-order valence-electron chi connectivity index (χ3n) is 5.84. The van der Waals surface area contributed by atoms with Gasteiger partial charge in [0.05, 0.1) is 29.6 Å². The third-order valence-corrected chi connectivity index (χ3v) is 8.62. The van der Waals surface area contributed by atoms with Crippen LogP contribution in [0.4, 0.5) is 5.82 Å². The number of sulfonamides is 1. The molecule has 13 heteroatoms. The van der Waals surface area contributed by atoms with Crippen molar-refractivity contribution in [2.45, 2.75) is 48.5 Å². The first-order valence-electron chi connectivity index (χ1n) is 12.3. The van der Waals surface area contributed by atoms with Crippen LogP contribution in [0, 0.1) is 0 Å². The van der Waals surface area contributed by atoms with E-state index in [4.69, 9.17) is 9.72 Å². The maximum Gasteiger partial charge on any atom is 0.251 e. The van der Waals surface area contributed by atoms with Gasteiger partial charge in [0.1, 0.15) is 5.82 Å². The molecule has 1 amide bonds. The van der Waals surface area contributed by atoms with Gasteiger partial charge in [0.25, 0.3) is 5.91 Å². The summed E-state index contributed by atoms with van der Waals surface area (Å²) in [7, 11) is -1.86. The van der Waals surface area contributed by atoms with Crippen LogP contribution < -0.4 is 10.6 Å². The lowest BCUT2D eigenvalue weighted by Gasteiger charge is -2.15. The minimum Gasteiger partial charge on any atom is -0.383 e. The maximum absolute atomic E-state index is 12.7. The Labute approximate surface area is 221 Å². The minimum absolute atomic E-state index is 0.207. The fourth-order valence-corrected chi connectivity index (χ4v) is 6.22. The normalized spacial score (nSPS) is 14.5. The van der Waals surface area contributed by atoms with Crippen LogP contribution in [0.25, 0.3) is 11.0 Å². The van der Waals surface area contributed by atoms with Crippen LogP contribution in [0.1, 0.15) is 37.0 Å². The Balaban J connectivity index is 1.41. The Bertz CT molecular complexity index is 1320. The van der Waals surface area contributed by atoms with Crippen molar-refractivity contribution in [1.82, 2.24) is 29.4 Å². The standard InChI is InChI=1S/C24H33N7O4S2/c1-17(2)36-24-28-21(25-11-15-35-3)20-16-27-31(22(20)29-24)14-10-26-23(32)18-6-8-19(9-7-18)37(33,34)30-12-4-5-13-30/h6-9,16-17H,4-5,10-15H2,1-3H3,(H,26,32)(H,25,28,29). The summed E-state index contributed by atoms with van der Waals surface area (Å²) in [5.74, 6) is 0.415. The summed E-state index contributed by atoms with van der Waals surface area (Å²) in [6.45, 7) is 7.13. The second-order valence-corrected chi connectivity index (χ2v) is 12.4. The highest BCUT2D eigenvalue weighted by Gasteiger charge is 2.27. The number of nitrogens with one attached hydrogen (secondary N) is 2. The van der Waals surface area contributed by atoms with Crippen molar-refractivity contribution in [2.24, 2.45) is 0 Å². The number of ether oxygens (including phenoxy) is 1. The van der Waals surface area contributed by atoms with Crippen LogP contribution in [0.2, 0.25) is 0 Å². The molecule has 0 unspecified atom stereocenters. The first-order chi connectivity index (χ1) is 17.8. The summed E-state index contributed by atoms with van der Waals surface area (Å²) >= 11 is 1.57. The van der Waals surface area contributed by atoms with E-state index in [0.717, 1.165) is 18.2 Å². The lowest BCUT2D eigenvalue weighted by atomic mass is 10.2. The van der Waals surface area contributed by atoms with Crippen molar-refractivity contribution in [3.8, 4) is 0 Å². The number of nitrogens with zero attached hydrogens (tertiary/aromatic N) is 5. The predicted molar refractivity (Wildman–Crippen MR) is 143 cm³/mol. The summed E-state index contributed by atoms with van der Waals surface area (Å²) in [6, 6.07) is 6.07. The average molecular weight is 548 g/mol. The van der Waals surface area contributed by atoms with E-state index < -0.39 is 10.0 Å². The number of aromatic nitrogens is 4. The number of hydrogen-bond acceptors (Lipinski definition) is 9. The highest BCUT2D eigenvalue weighted by Crippen LogP contribution is 2.26. The van der Waals surface area contributed by atoms with Gasteiger partial charge in [-0.2, -0.15) is 9.40 Å². The number of carbonyl (C=O) groups excluding carboxylic acids is 1. The molecule has 3 heterocycles. The Morgan fingerprint density at radius 3 is 2.54 bits per heavy atom. The van der Waals surface area contributed by atoms with Crippen molar-refractivity contribution in [1.29, 1.82) is 0 Å². The quantitative estimate of drug-likeness (QED) is 0.199. The predicted octanol–water partition coefficient (Wildman–Crippen LogP) is 2.60. The molecule has 0 radical (unpaired) electrons. The highest BCUT2D eigenvalue weighted by molar-refractivity contribution is 7.99. The molecule has 0 bridgehead atoms. The van der Waals surface area contributed by atoms with Crippen molar-refractivity contribution >= 4 is 44.5 Å². The molecule has 1 aromatic carbocycles. The van der Waals surface area contributed by atoms with Crippen LogP contribution in [0.15, 0.2) is 40.5 Å². The van der Waals surface area contributed by atoms with E-state index in [1.165, 1.54) is 16.4 Å². The van der Waals surface area contributed by atoms with Crippen LogP contribution in [0.5, 0.6) is 0 Å². The van der Waals surface area contributed by atoms with Crippen LogP contribution >= 0.6 is 11.8 Å². The molecule has 2 aromatic heterocycles. The molecule has 1 aliphatic heterocycles. The topological polar surface area (TPSA) is 131 Å². The van der Waals surface area contributed by atoms with Gasteiger partial charge in [-0.25, -0.2) is 23.1 Å². The molecule has 37 heavy (non-hydrogen) atoms. The van der Waals surface area contributed by atoms with Gasteiger partial charge in [0.2, 0.25) is 10.0 Å². The Hall–Kier alpha value is -2.74. The van der Waals surface area contributed by atoms with E-state index in [0.29, 0.717) is 66.8 Å². The average Bonchev–Trinajstić information content (AvgIpc) is 3.55. The van der Waals surface area contributed by atoms with Gasteiger partial charge in [-0.05, 0) is 37.1 Å². The molecule has 1 fully saturated rings. The van der Waals surface area contributed by atoms with Crippen LogP contribution in [-0.2, 0) is 21.3 Å². The van der Waals surface area contributed by atoms with Gasteiger partial charge in [-0.1, -0.05) is 25.6 Å². The summed E-state index contributed by atoms with van der Waals surface area (Å²) in [4.78, 5) is 22.2. The first-order valence-corrected chi connectivity index (χ1v) is 14.6. The summed E-state index contributed by atoms with van der Waals surface area (Å²) < 4.78 is 33.8. The Morgan fingerprint density at radius 2 is 1.86 bits per heavy atom. The van der Waals surface area contributed by atoms with Crippen molar-refractivity contribution in [3.05, 3.63) is 36.0 Å². The second-order valence-electron chi connectivity index (χ2n) is 8.94. The molecular weight excluding hydrogens is 514 g/mol. The number of benzene rings is 1.